The van der Waals surface area contributed by atoms with Crippen molar-refractivity contribution in [3.8, 4) is 11.5 Å². The third-order valence-electron chi connectivity index (χ3n) is 3.45. The minimum Gasteiger partial charge on any atom is -0.546 e. The average Bonchev–Trinajstić information content (AvgIpc) is 2.71. The van der Waals surface area contributed by atoms with Crippen molar-refractivity contribution in [2.45, 2.75) is 6.54 Å². The zero-order valence-electron chi connectivity index (χ0n) is 15.0. The number of aliphatic carboxylic acids is 1. The molecule has 0 spiro atoms. The van der Waals surface area contributed by atoms with Gasteiger partial charge in [-0.1, -0.05) is 24.3 Å². The topological polar surface area (TPSA) is 129 Å². The van der Waals surface area contributed by atoms with E-state index in [-0.39, 0.29) is 12.3 Å². The number of carboxylic acid groups (broad SMARTS) is 1. The van der Waals surface area contributed by atoms with Gasteiger partial charge in [0, 0.05) is 12.1 Å². The third-order valence-corrected chi connectivity index (χ3v) is 3.45. The summed E-state index contributed by atoms with van der Waals surface area (Å²) in [4.78, 5) is 34.1. The summed E-state index contributed by atoms with van der Waals surface area (Å²) in [5, 5.41) is 16.6. The number of nitrogens with zero attached hydrogens (tertiary/aromatic N) is 1. The van der Waals surface area contributed by atoms with Crippen LogP contribution in [0.3, 0.4) is 0 Å². The van der Waals surface area contributed by atoms with Crippen molar-refractivity contribution < 1.29 is 29.0 Å². The predicted molar refractivity (Wildman–Crippen MR) is 97.5 cm³/mol. The quantitative estimate of drug-likeness (QED) is 0.362. The van der Waals surface area contributed by atoms with Gasteiger partial charge >= 0.3 is 11.8 Å². The van der Waals surface area contributed by atoms with Gasteiger partial charge in [0.25, 0.3) is 0 Å². The number of benzene rings is 2. The maximum Gasteiger partial charge on any atom is 0.329 e. The Morgan fingerprint density at radius 2 is 1.79 bits per heavy atom. The van der Waals surface area contributed by atoms with Crippen molar-refractivity contribution in [1.29, 1.82) is 0 Å². The van der Waals surface area contributed by atoms with E-state index in [0.29, 0.717) is 11.3 Å². The monoisotopic (exact) mass is 384 g/mol. The van der Waals surface area contributed by atoms with Gasteiger partial charge in [-0.3, -0.25) is 9.59 Å². The van der Waals surface area contributed by atoms with Crippen molar-refractivity contribution in [1.82, 2.24) is 10.7 Å². The number of hydrogen-bond donors (Lipinski definition) is 2. The molecule has 0 saturated carbocycles. The van der Waals surface area contributed by atoms with Gasteiger partial charge in [-0.05, 0) is 29.8 Å². The van der Waals surface area contributed by atoms with Crippen LogP contribution in [-0.2, 0) is 20.9 Å². The Hall–Kier alpha value is -3.88. The van der Waals surface area contributed by atoms with Crippen LogP contribution in [0.2, 0.25) is 0 Å². The van der Waals surface area contributed by atoms with Crippen molar-refractivity contribution in [2.75, 3.05) is 13.7 Å². The average molecular weight is 384 g/mol. The van der Waals surface area contributed by atoms with Gasteiger partial charge in [-0.2, -0.15) is 5.10 Å². The Bertz CT molecular complexity index is 864. The zero-order valence-corrected chi connectivity index (χ0v) is 15.0. The molecule has 0 aliphatic carbocycles. The van der Waals surface area contributed by atoms with E-state index in [0.717, 1.165) is 5.56 Å². The molecule has 0 fully saturated rings. The number of carboxylic acids is 1. The molecular formula is C19H18N3O6-. The summed E-state index contributed by atoms with van der Waals surface area (Å²) in [6.07, 6.45) is 1.24. The molecular weight excluding hydrogens is 366 g/mol. The third kappa shape index (κ3) is 6.45. The molecule has 2 aromatic carbocycles. The number of rotatable bonds is 8. The van der Waals surface area contributed by atoms with Crippen LogP contribution >= 0.6 is 0 Å². The molecule has 0 radical (unpaired) electrons. The number of carbonyl (C=O) groups excluding carboxylic acids is 3. The molecule has 2 aromatic rings. The molecule has 0 atom stereocenters. The molecule has 0 aliphatic heterocycles. The lowest BCUT2D eigenvalue weighted by Gasteiger charge is -2.09. The van der Waals surface area contributed by atoms with Gasteiger partial charge in [0.15, 0.2) is 0 Å². The van der Waals surface area contributed by atoms with Crippen LogP contribution < -0.4 is 25.3 Å². The number of carbonyl (C=O) groups is 3. The maximum atomic E-state index is 11.8. The fraction of sp³-hybridized carbons (Fsp3) is 0.158. The molecule has 9 nitrogen and oxygen atoms in total. The number of nitrogens with one attached hydrogen (secondary N) is 2. The van der Waals surface area contributed by atoms with E-state index in [1.165, 1.54) is 12.3 Å². The fourth-order valence-corrected chi connectivity index (χ4v) is 2.07. The molecule has 0 bridgehead atoms. The van der Waals surface area contributed by atoms with E-state index < -0.39 is 24.4 Å². The zero-order chi connectivity index (χ0) is 20.4. The Morgan fingerprint density at radius 1 is 1.07 bits per heavy atom. The Balaban J connectivity index is 1.85. The second-order valence-electron chi connectivity index (χ2n) is 5.43. The van der Waals surface area contributed by atoms with Gasteiger partial charge in [0.1, 0.15) is 18.1 Å². The molecule has 0 saturated heterocycles. The van der Waals surface area contributed by atoms with Crippen LogP contribution in [0, 0.1) is 0 Å². The lowest BCUT2D eigenvalue weighted by atomic mass is 10.2. The van der Waals surface area contributed by atoms with Crippen molar-refractivity contribution in [3.05, 3.63) is 59.7 Å². The van der Waals surface area contributed by atoms with Crippen LogP contribution in [0.25, 0.3) is 0 Å². The summed E-state index contributed by atoms with van der Waals surface area (Å²) >= 11 is 0. The smallest absolute Gasteiger partial charge is 0.329 e. The van der Waals surface area contributed by atoms with E-state index in [1.807, 2.05) is 0 Å². The molecule has 0 unspecified atom stereocenters. The standard InChI is InChI=1S/C19H19N3O6/c1-27-15-8-6-13(7-9-15)10-20-18(25)19(26)22-21-11-14-4-2-3-5-16(14)28-12-17(23)24/h2-9,11H,10,12H2,1H3,(H,20,25)(H,22,26)(H,23,24)/p-1/b21-11-. The Kier molecular flexibility index (Phi) is 7.53. The lowest BCUT2D eigenvalue weighted by Crippen LogP contribution is -2.37. The number of hydrazone groups is 1. The lowest BCUT2D eigenvalue weighted by molar-refractivity contribution is -0.307. The molecule has 146 valence electrons. The highest BCUT2D eigenvalue weighted by Crippen LogP contribution is 2.15. The number of ether oxygens (including phenoxy) is 2. The molecule has 9 heteroatoms. The normalized spacial score (nSPS) is 10.3. The van der Waals surface area contributed by atoms with Gasteiger partial charge < -0.3 is 24.7 Å². The van der Waals surface area contributed by atoms with Gasteiger partial charge in [-0.25, -0.2) is 5.43 Å². The van der Waals surface area contributed by atoms with E-state index in [4.69, 9.17) is 9.47 Å². The first-order chi connectivity index (χ1) is 13.5. The van der Waals surface area contributed by atoms with Crippen LogP contribution in [0.4, 0.5) is 0 Å². The SMILES string of the molecule is COc1ccc(CNC(=O)C(=O)N/N=C\c2ccccc2OCC(=O)[O-])cc1. The Morgan fingerprint density at radius 3 is 2.46 bits per heavy atom. The number of methoxy groups -OCH3 is 1. The maximum absolute atomic E-state index is 11.8. The van der Waals surface area contributed by atoms with Crippen LogP contribution in [0.5, 0.6) is 11.5 Å². The molecule has 0 aliphatic rings. The van der Waals surface area contributed by atoms with Gasteiger partial charge in [-0.15, -0.1) is 0 Å². The first kappa shape index (κ1) is 20.4. The highest BCUT2D eigenvalue weighted by molar-refractivity contribution is 6.35. The number of amides is 2. The summed E-state index contributed by atoms with van der Waals surface area (Å²) in [5.74, 6) is -2.24. The number of hydrogen-bond acceptors (Lipinski definition) is 7. The summed E-state index contributed by atoms with van der Waals surface area (Å²) < 4.78 is 10.1. The van der Waals surface area contributed by atoms with Gasteiger partial charge in [0.2, 0.25) is 0 Å². The highest BCUT2D eigenvalue weighted by Gasteiger charge is 2.12. The highest BCUT2D eigenvalue weighted by atomic mass is 16.5. The summed E-state index contributed by atoms with van der Waals surface area (Å²) in [7, 11) is 1.55. The fourth-order valence-electron chi connectivity index (χ4n) is 2.07. The first-order valence-corrected chi connectivity index (χ1v) is 8.15. The van der Waals surface area contributed by atoms with Crippen molar-refractivity contribution in [3.63, 3.8) is 0 Å². The van der Waals surface area contributed by atoms with Crippen LogP contribution in [0.15, 0.2) is 53.6 Å². The molecule has 2 rings (SSSR count). The molecule has 0 aromatic heterocycles. The van der Waals surface area contributed by atoms with E-state index in [9.17, 15) is 19.5 Å². The van der Waals surface area contributed by atoms with E-state index in [2.05, 4.69) is 15.8 Å². The first-order valence-electron chi connectivity index (χ1n) is 8.15. The van der Waals surface area contributed by atoms with Crippen LogP contribution in [0.1, 0.15) is 11.1 Å². The summed E-state index contributed by atoms with van der Waals surface area (Å²) in [5.41, 5.74) is 3.31. The molecule has 2 amide bonds. The minimum absolute atomic E-state index is 0.167. The van der Waals surface area contributed by atoms with Crippen molar-refractivity contribution in [2.24, 2.45) is 5.10 Å². The largest absolute Gasteiger partial charge is 0.546 e. The van der Waals surface area contributed by atoms with Crippen molar-refractivity contribution >= 4 is 24.0 Å². The summed E-state index contributed by atoms with van der Waals surface area (Å²) in [6.45, 7) is -0.454. The Labute approximate surface area is 161 Å². The molecule has 0 heterocycles. The molecule has 28 heavy (non-hydrogen) atoms. The minimum atomic E-state index is -1.37. The molecule has 2 N–H and O–H groups in total. The predicted octanol–water partition coefficient (Wildman–Crippen LogP) is -0.410. The summed E-state index contributed by atoms with van der Waals surface area (Å²) in [6, 6.07) is 13.5. The second kappa shape index (κ2) is 10.3. The second-order valence-corrected chi connectivity index (χ2v) is 5.43. The van der Waals surface area contributed by atoms with Gasteiger partial charge in [0.05, 0.1) is 19.3 Å². The van der Waals surface area contributed by atoms with Crippen LogP contribution in [-0.4, -0.2) is 37.7 Å². The van der Waals surface area contributed by atoms with E-state index in [1.54, 1.807) is 49.6 Å². The number of para-hydroxylation sites is 1. The van der Waals surface area contributed by atoms with E-state index >= 15 is 0 Å².